The molecule has 124 valence electrons. The maximum absolute atomic E-state index is 12.8. The van der Waals surface area contributed by atoms with E-state index in [4.69, 9.17) is 12.2 Å². The predicted octanol–water partition coefficient (Wildman–Crippen LogP) is 5.35. The molecule has 22 heavy (non-hydrogen) atoms. The van der Waals surface area contributed by atoms with Crippen LogP contribution in [0.1, 0.15) is 51.0 Å². The van der Waals surface area contributed by atoms with Crippen LogP contribution in [-0.4, -0.2) is 11.7 Å². The SMILES string of the molecule is CCCCCCCCNC(=S)Nc1ccccc1C(F)(F)F. The Hall–Kier alpha value is -1.30. The van der Waals surface area contributed by atoms with E-state index in [9.17, 15) is 13.2 Å². The summed E-state index contributed by atoms with van der Waals surface area (Å²) in [7, 11) is 0. The van der Waals surface area contributed by atoms with Gasteiger partial charge in [0.25, 0.3) is 0 Å². The lowest BCUT2D eigenvalue weighted by Crippen LogP contribution is -2.30. The number of para-hydroxylation sites is 1. The third kappa shape index (κ3) is 7.11. The lowest BCUT2D eigenvalue weighted by molar-refractivity contribution is -0.136. The van der Waals surface area contributed by atoms with Crippen molar-refractivity contribution in [3.63, 3.8) is 0 Å². The van der Waals surface area contributed by atoms with Crippen molar-refractivity contribution < 1.29 is 13.2 Å². The van der Waals surface area contributed by atoms with Gasteiger partial charge >= 0.3 is 6.18 Å². The maximum atomic E-state index is 12.8. The van der Waals surface area contributed by atoms with E-state index >= 15 is 0 Å². The highest BCUT2D eigenvalue weighted by Crippen LogP contribution is 2.34. The van der Waals surface area contributed by atoms with E-state index in [0.29, 0.717) is 6.54 Å². The summed E-state index contributed by atoms with van der Waals surface area (Å²) in [6.07, 6.45) is 2.57. The number of hydrogen-bond acceptors (Lipinski definition) is 1. The average Bonchev–Trinajstić information content (AvgIpc) is 2.46. The van der Waals surface area contributed by atoms with Crippen molar-refractivity contribution in [3.05, 3.63) is 29.8 Å². The Labute approximate surface area is 135 Å². The van der Waals surface area contributed by atoms with Gasteiger partial charge in [-0.05, 0) is 30.8 Å². The summed E-state index contributed by atoms with van der Waals surface area (Å²) < 4.78 is 38.5. The van der Waals surface area contributed by atoms with Gasteiger partial charge < -0.3 is 10.6 Å². The van der Waals surface area contributed by atoms with E-state index in [1.165, 1.54) is 37.8 Å². The number of thiocarbonyl (C=S) groups is 1. The Morgan fingerprint density at radius 1 is 1.05 bits per heavy atom. The number of unbranched alkanes of at least 4 members (excludes halogenated alkanes) is 5. The van der Waals surface area contributed by atoms with E-state index in [0.717, 1.165) is 18.9 Å². The van der Waals surface area contributed by atoms with Gasteiger partial charge in [-0.2, -0.15) is 13.2 Å². The summed E-state index contributed by atoms with van der Waals surface area (Å²) in [6, 6.07) is 5.33. The first-order valence-electron chi connectivity index (χ1n) is 7.66. The second-order valence-corrected chi connectivity index (χ2v) is 5.60. The largest absolute Gasteiger partial charge is 0.418 e. The first-order chi connectivity index (χ1) is 10.4. The summed E-state index contributed by atoms with van der Waals surface area (Å²) in [6.45, 7) is 2.84. The number of hydrogen-bond donors (Lipinski definition) is 2. The summed E-state index contributed by atoms with van der Waals surface area (Å²) in [5.74, 6) is 0. The standard InChI is InChI=1S/C16H23F3N2S/c1-2-3-4-5-6-9-12-20-15(22)21-14-11-8-7-10-13(14)16(17,18)19/h7-8,10-11H,2-6,9,12H2,1H3,(H2,20,21,22). The number of alkyl halides is 3. The monoisotopic (exact) mass is 332 g/mol. The second-order valence-electron chi connectivity index (χ2n) is 5.19. The second kappa shape index (κ2) is 9.66. The van der Waals surface area contributed by atoms with E-state index < -0.39 is 11.7 Å². The maximum Gasteiger partial charge on any atom is 0.418 e. The number of nitrogens with one attached hydrogen (secondary N) is 2. The molecule has 0 saturated carbocycles. The van der Waals surface area contributed by atoms with Crippen molar-refractivity contribution >= 4 is 23.0 Å². The van der Waals surface area contributed by atoms with Crippen molar-refractivity contribution in [3.8, 4) is 0 Å². The topological polar surface area (TPSA) is 24.1 Å². The van der Waals surface area contributed by atoms with Crippen molar-refractivity contribution in [2.24, 2.45) is 0 Å². The van der Waals surface area contributed by atoms with Crippen LogP contribution in [-0.2, 0) is 6.18 Å². The predicted molar refractivity (Wildman–Crippen MR) is 89.0 cm³/mol. The van der Waals surface area contributed by atoms with Crippen LogP contribution < -0.4 is 10.6 Å². The van der Waals surface area contributed by atoms with Crippen molar-refractivity contribution in [1.29, 1.82) is 0 Å². The van der Waals surface area contributed by atoms with Gasteiger partial charge in [0.15, 0.2) is 5.11 Å². The molecule has 1 aromatic rings. The van der Waals surface area contributed by atoms with Gasteiger partial charge in [0.05, 0.1) is 11.3 Å². The molecule has 0 aliphatic rings. The molecule has 0 saturated heterocycles. The molecule has 0 fully saturated rings. The smallest absolute Gasteiger partial charge is 0.362 e. The Morgan fingerprint density at radius 2 is 1.68 bits per heavy atom. The molecule has 0 aliphatic carbocycles. The first-order valence-corrected chi connectivity index (χ1v) is 8.07. The van der Waals surface area contributed by atoms with Crippen LogP contribution >= 0.6 is 12.2 Å². The molecule has 1 rings (SSSR count). The zero-order chi connectivity index (χ0) is 16.4. The minimum absolute atomic E-state index is 0.0181. The normalized spacial score (nSPS) is 11.3. The molecule has 0 aromatic heterocycles. The molecule has 0 amide bonds. The van der Waals surface area contributed by atoms with E-state index in [2.05, 4.69) is 17.6 Å². The molecule has 0 radical (unpaired) electrons. The fourth-order valence-electron chi connectivity index (χ4n) is 2.11. The van der Waals surface area contributed by atoms with E-state index in [-0.39, 0.29) is 10.8 Å². The molecular formula is C16H23F3N2S. The third-order valence-corrected chi connectivity index (χ3v) is 3.54. The van der Waals surface area contributed by atoms with Crippen LogP contribution in [0.25, 0.3) is 0 Å². The molecular weight excluding hydrogens is 309 g/mol. The molecule has 2 N–H and O–H groups in total. The molecule has 2 nitrogen and oxygen atoms in total. The zero-order valence-electron chi connectivity index (χ0n) is 12.8. The number of anilines is 1. The van der Waals surface area contributed by atoms with Gasteiger partial charge in [-0.15, -0.1) is 0 Å². The molecule has 0 aliphatic heterocycles. The average molecular weight is 332 g/mol. The van der Waals surface area contributed by atoms with Gasteiger partial charge in [-0.1, -0.05) is 51.2 Å². The van der Waals surface area contributed by atoms with Crippen LogP contribution in [0.4, 0.5) is 18.9 Å². The highest BCUT2D eigenvalue weighted by atomic mass is 32.1. The number of benzene rings is 1. The summed E-state index contributed by atoms with van der Waals surface area (Å²) in [5, 5.41) is 5.81. The fraction of sp³-hybridized carbons (Fsp3) is 0.562. The molecule has 0 unspecified atom stereocenters. The Balaban J connectivity index is 2.34. The van der Waals surface area contributed by atoms with Gasteiger partial charge in [-0.25, -0.2) is 0 Å². The first kappa shape index (κ1) is 18.7. The van der Waals surface area contributed by atoms with Gasteiger partial charge in [-0.3, -0.25) is 0 Å². The highest BCUT2D eigenvalue weighted by Gasteiger charge is 2.33. The molecule has 0 atom stereocenters. The zero-order valence-corrected chi connectivity index (χ0v) is 13.6. The summed E-state index contributed by atoms with van der Waals surface area (Å²) in [5.41, 5.74) is -0.728. The van der Waals surface area contributed by atoms with Crippen molar-refractivity contribution in [2.45, 2.75) is 51.6 Å². The summed E-state index contributed by atoms with van der Waals surface area (Å²) in [4.78, 5) is 0. The van der Waals surface area contributed by atoms with Crippen LogP contribution in [0.2, 0.25) is 0 Å². The summed E-state index contributed by atoms with van der Waals surface area (Å²) >= 11 is 5.05. The number of halogens is 3. The van der Waals surface area contributed by atoms with E-state index in [1.807, 2.05) is 0 Å². The van der Waals surface area contributed by atoms with E-state index in [1.54, 1.807) is 6.07 Å². The molecule has 6 heteroatoms. The van der Waals surface area contributed by atoms with Crippen molar-refractivity contribution in [1.82, 2.24) is 5.32 Å². The van der Waals surface area contributed by atoms with Gasteiger partial charge in [0.2, 0.25) is 0 Å². The van der Waals surface area contributed by atoms with Crippen LogP contribution in [0.3, 0.4) is 0 Å². The Kier molecular flexibility index (Phi) is 8.24. The Bertz CT molecular complexity index is 461. The molecule has 0 spiro atoms. The minimum atomic E-state index is -4.39. The number of rotatable bonds is 8. The van der Waals surface area contributed by atoms with Crippen molar-refractivity contribution in [2.75, 3.05) is 11.9 Å². The minimum Gasteiger partial charge on any atom is -0.362 e. The lowest BCUT2D eigenvalue weighted by Gasteiger charge is -2.15. The third-order valence-electron chi connectivity index (χ3n) is 3.30. The molecule has 0 bridgehead atoms. The Morgan fingerprint density at radius 3 is 2.36 bits per heavy atom. The van der Waals surface area contributed by atoms with Crippen LogP contribution in [0, 0.1) is 0 Å². The molecule has 0 heterocycles. The van der Waals surface area contributed by atoms with Gasteiger partial charge in [0, 0.05) is 6.54 Å². The fourth-order valence-corrected chi connectivity index (χ4v) is 2.33. The molecule has 1 aromatic carbocycles. The quantitative estimate of drug-likeness (QED) is 0.495. The van der Waals surface area contributed by atoms with Crippen LogP contribution in [0.5, 0.6) is 0 Å². The lowest BCUT2D eigenvalue weighted by atomic mass is 10.1. The highest BCUT2D eigenvalue weighted by molar-refractivity contribution is 7.80. The van der Waals surface area contributed by atoms with Crippen LogP contribution in [0.15, 0.2) is 24.3 Å². The van der Waals surface area contributed by atoms with Gasteiger partial charge in [0.1, 0.15) is 0 Å².